The van der Waals surface area contributed by atoms with Gasteiger partial charge < -0.3 is 27.9 Å². The highest BCUT2D eigenvalue weighted by Crippen LogP contribution is 2.55. The molecule has 0 spiro atoms. The lowest BCUT2D eigenvalue weighted by Crippen LogP contribution is -2.62. The molecule has 133 heavy (non-hydrogen) atoms. The van der Waals surface area contributed by atoms with E-state index in [-0.39, 0.29) is 39.2 Å². The standard InChI is InChI=1S/C126H120BN5O/c1-21-23-24-40-65-126(85-45-32-27-33-46-85,78-84(22-2)120(3,4)5)79-128-111-76-91(129-107-72-86(121(6,7)8)53-59-95(107)96-60-54-87(73-108(96)129)122(9,10)11)57-63-103(111)127-104-64-58-92(130-109-74-88(123(12,13)14)55-61-97(109)98-62-56-89(75-110(98)130)124(15,16)17)77-112(104)132(118-100(80-41-28-25-29-42-80)70-90(125(18,19)20)71-101(118)81-43-30-26-31-44-81)114-68-83(67-113(128)117(114)127)82-66-102-99-49-36-39-52-116(99)133-119(102)115(69-82)131-105-50-37-34-47-93(105)94-48-35-38-51-106(94)131/h22-78H,2,21,79H2,1,3-20H3/b24-23-,65-40-,84-78+. The van der Waals surface area contributed by atoms with E-state index in [4.69, 9.17) is 11.0 Å². The minimum absolute atomic E-state index is 0.143. The number of aromatic nitrogens is 3. The van der Waals surface area contributed by atoms with Crippen molar-refractivity contribution in [2.75, 3.05) is 16.3 Å². The molecule has 7 heteroatoms. The molecule has 4 aromatic heterocycles. The maximum Gasteiger partial charge on any atom is 0.252 e. The highest BCUT2D eigenvalue weighted by Gasteiger charge is 2.47. The largest absolute Gasteiger partial charge is 0.454 e. The van der Waals surface area contributed by atoms with Gasteiger partial charge in [-0.3, -0.25) is 0 Å². The topological polar surface area (TPSA) is 34.4 Å². The van der Waals surface area contributed by atoms with Gasteiger partial charge in [0.25, 0.3) is 6.71 Å². The Morgan fingerprint density at radius 1 is 0.338 bits per heavy atom. The van der Waals surface area contributed by atoms with Crippen LogP contribution in [-0.2, 0) is 32.5 Å². The monoisotopic (exact) mass is 1730 g/mol. The van der Waals surface area contributed by atoms with Crippen molar-refractivity contribution in [2.24, 2.45) is 5.41 Å². The van der Waals surface area contributed by atoms with E-state index in [0.717, 1.165) is 129 Å². The quantitative estimate of drug-likeness (QED) is 0.0758. The molecule has 0 fully saturated rings. The zero-order chi connectivity index (χ0) is 92.5. The fourth-order valence-corrected chi connectivity index (χ4v) is 21.4. The molecule has 658 valence electrons. The molecule has 2 aliphatic heterocycles. The maximum absolute atomic E-state index is 7.40. The van der Waals surface area contributed by atoms with E-state index in [0.29, 0.717) is 6.54 Å². The Morgan fingerprint density at radius 3 is 1.23 bits per heavy atom. The molecule has 15 aromatic carbocycles. The average Bonchev–Trinajstić information content (AvgIpc) is 0.752. The van der Waals surface area contributed by atoms with Crippen molar-refractivity contribution in [3.05, 3.63) is 391 Å². The predicted octanol–water partition coefficient (Wildman–Crippen LogP) is 32.7. The summed E-state index contributed by atoms with van der Waals surface area (Å²) in [7, 11) is 0. The first-order valence-electron chi connectivity index (χ1n) is 47.9. The van der Waals surface area contributed by atoms with E-state index in [1.165, 1.54) is 98.6 Å². The SMILES string of the molecule is C=C/C(=C\C(/C=C\C=C/CC)(CN1c2cc(-n3c4cc(C(C)(C)C)ccc4c4ccc(C(C)(C)C)cc43)ccc2B2c3ccc(-n4c5cc(C(C)(C)C)ccc5c5ccc(C(C)(C)C)cc54)cc3N(c3c(-c4ccccc4)cc(C(C)(C)C)cc3-c3ccccc3)c3cc(-c4cc(-n5c6ccccc6c6ccccc65)c5oc6ccccc6c5c4)cc1c32)c1ccccc1)C(C)(C)C. The van der Waals surface area contributed by atoms with Gasteiger partial charge in [0.1, 0.15) is 5.58 Å². The van der Waals surface area contributed by atoms with Gasteiger partial charge in [0.15, 0.2) is 5.58 Å². The van der Waals surface area contributed by atoms with E-state index in [9.17, 15) is 0 Å². The number of benzene rings is 15. The summed E-state index contributed by atoms with van der Waals surface area (Å²) in [6.07, 6.45) is 14.9. The van der Waals surface area contributed by atoms with Gasteiger partial charge >= 0.3 is 0 Å². The van der Waals surface area contributed by atoms with Gasteiger partial charge in [-0.2, -0.15) is 0 Å². The van der Waals surface area contributed by atoms with E-state index in [2.05, 4.69) is 501 Å². The molecule has 0 aliphatic carbocycles. The van der Waals surface area contributed by atoms with Crippen LogP contribution in [0.2, 0.25) is 0 Å². The minimum Gasteiger partial charge on any atom is -0.454 e. The second-order valence-electron chi connectivity index (χ2n) is 43.8. The molecule has 0 radical (unpaired) electrons. The van der Waals surface area contributed by atoms with E-state index in [1.807, 2.05) is 0 Å². The molecule has 19 aromatic rings. The molecule has 0 saturated carbocycles. The van der Waals surface area contributed by atoms with Crippen LogP contribution in [0.3, 0.4) is 0 Å². The molecular formula is C126H120BN5O. The summed E-state index contributed by atoms with van der Waals surface area (Å²) in [4.78, 5) is 5.56. The Kier molecular flexibility index (Phi) is 20.5. The molecule has 21 rings (SSSR count). The molecular weight excluding hydrogens is 1610 g/mol. The number of para-hydroxylation sites is 3. The summed E-state index contributed by atoms with van der Waals surface area (Å²) >= 11 is 0. The highest BCUT2D eigenvalue weighted by molar-refractivity contribution is 7.00. The number of hydrogen-bond acceptors (Lipinski definition) is 3. The molecule has 0 bridgehead atoms. The first kappa shape index (κ1) is 85.9. The van der Waals surface area contributed by atoms with Gasteiger partial charge in [-0.15, -0.1) is 0 Å². The number of anilines is 5. The smallest absolute Gasteiger partial charge is 0.252 e. The van der Waals surface area contributed by atoms with E-state index < -0.39 is 5.41 Å². The number of nitrogens with zero attached hydrogens (tertiary/aromatic N) is 5. The fourth-order valence-electron chi connectivity index (χ4n) is 21.4. The normalized spacial score (nSPS) is 14.1. The first-order chi connectivity index (χ1) is 63.6. The summed E-state index contributed by atoms with van der Waals surface area (Å²) in [5.41, 5.74) is 34.1. The number of rotatable bonds is 15. The Hall–Kier alpha value is -13.9. The molecule has 0 N–H and O–H groups in total. The molecule has 2 aliphatic rings. The van der Waals surface area contributed by atoms with E-state index >= 15 is 0 Å². The second-order valence-corrected chi connectivity index (χ2v) is 43.8. The molecule has 6 heterocycles. The third-order valence-electron chi connectivity index (χ3n) is 28.7. The Balaban J connectivity index is 0.982. The van der Waals surface area contributed by atoms with Crippen LogP contribution in [-0.4, -0.2) is 27.0 Å². The van der Waals surface area contributed by atoms with Crippen LogP contribution in [0.5, 0.6) is 0 Å². The van der Waals surface area contributed by atoms with Crippen molar-refractivity contribution in [2.45, 2.75) is 170 Å². The van der Waals surface area contributed by atoms with Crippen LogP contribution in [0.4, 0.5) is 28.4 Å². The van der Waals surface area contributed by atoms with Crippen LogP contribution in [0.25, 0.3) is 138 Å². The van der Waals surface area contributed by atoms with Crippen LogP contribution < -0.4 is 26.2 Å². The first-order valence-corrected chi connectivity index (χ1v) is 47.9. The van der Waals surface area contributed by atoms with Gasteiger partial charge in [-0.1, -0.05) is 381 Å². The van der Waals surface area contributed by atoms with Crippen LogP contribution >= 0.6 is 0 Å². The Bertz CT molecular complexity index is 7770. The summed E-state index contributed by atoms with van der Waals surface area (Å²) in [5.74, 6) is 0. The highest BCUT2D eigenvalue weighted by atomic mass is 16.3. The second kappa shape index (κ2) is 31.7. The van der Waals surface area contributed by atoms with Crippen LogP contribution in [0.15, 0.2) is 362 Å². The Labute approximate surface area is 785 Å². The zero-order valence-electron chi connectivity index (χ0n) is 80.8. The molecule has 0 amide bonds. The zero-order valence-corrected chi connectivity index (χ0v) is 80.8. The van der Waals surface area contributed by atoms with Gasteiger partial charge in [0.2, 0.25) is 0 Å². The molecule has 1 unspecified atom stereocenters. The number of allylic oxidation sites excluding steroid dienone is 5. The maximum atomic E-state index is 7.40. The predicted molar refractivity (Wildman–Crippen MR) is 574 cm³/mol. The van der Waals surface area contributed by atoms with Crippen molar-refractivity contribution in [1.82, 2.24) is 13.7 Å². The molecule has 6 nitrogen and oxygen atoms in total. The van der Waals surface area contributed by atoms with E-state index in [1.54, 1.807) is 0 Å². The summed E-state index contributed by atoms with van der Waals surface area (Å²) < 4.78 is 15.1. The fraction of sp³-hybridized carbons (Fsp3) is 0.222. The lowest BCUT2D eigenvalue weighted by atomic mass is 9.33. The summed E-state index contributed by atoms with van der Waals surface area (Å²) in [6.45, 7) is 49.4. The minimum atomic E-state index is -0.847. The van der Waals surface area contributed by atoms with Crippen molar-refractivity contribution in [3.8, 4) is 50.4 Å². The van der Waals surface area contributed by atoms with Crippen molar-refractivity contribution in [3.63, 3.8) is 0 Å². The lowest BCUT2D eigenvalue weighted by Gasteiger charge is -2.47. The van der Waals surface area contributed by atoms with Crippen molar-refractivity contribution in [1.29, 1.82) is 0 Å². The summed E-state index contributed by atoms with van der Waals surface area (Å²) in [6, 6.07) is 120. The van der Waals surface area contributed by atoms with Gasteiger partial charge in [-0.25, -0.2) is 0 Å². The van der Waals surface area contributed by atoms with Crippen molar-refractivity contribution < 1.29 is 4.42 Å². The van der Waals surface area contributed by atoms with Gasteiger partial charge in [0.05, 0.1) is 49.9 Å². The van der Waals surface area contributed by atoms with Crippen LogP contribution in [0.1, 0.15) is 171 Å². The lowest BCUT2D eigenvalue weighted by molar-refractivity contribution is 0.506. The third-order valence-corrected chi connectivity index (χ3v) is 28.7. The van der Waals surface area contributed by atoms with Crippen LogP contribution in [0, 0.1) is 5.41 Å². The molecule has 0 saturated heterocycles. The van der Waals surface area contributed by atoms with Gasteiger partial charge in [0, 0.05) is 94.9 Å². The van der Waals surface area contributed by atoms with Gasteiger partial charge in [-0.05, 0) is 220 Å². The number of furan rings is 1. The summed E-state index contributed by atoms with van der Waals surface area (Å²) in [5, 5.41) is 9.34. The average molecular weight is 1730 g/mol. The van der Waals surface area contributed by atoms with Crippen molar-refractivity contribution >= 4 is 139 Å². The number of fused-ring (bicyclic) bond motifs is 16. The number of hydrogen-bond donors (Lipinski definition) is 0. The third kappa shape index (κ3) is 14.6. The Morgan fingerprint density at radius 2 is 0.759 bits per heavy atom. The molecule has 1 atom stereocenters.